The Hall–Kier alpha value is -3.57. The maximum Gasteiger partial charge on any atom is 0.248 e. The fourth-order valence-corrected chi connectivity index (χ4v) is 3.51. The molecule has 1 N–H and O–H groups in total. The molecular weight excluding hydrogens is 412 g/mol. The molecule has 0 spiro atoms. The minimum atomic E-state index is -0.238. The van der Waals surface area contributed by atoms with Gasteiger partial charge < -0.3 is 14.5 Å². The quantitative estimate of drug-likeness (QED) is 0.349. The molecule has 0 aliphatic rings. The number of nitrogens with one attached hydrogen (secondary N) is 1. The van der Waals surface area contributed by atoms with Crippen molar-refractivity contribution in [1.29, 1.82) is 0 Å². The number of allylic oxidation sites excluding steroid dienone is 1. The molecule has 0 bridgehead atoms. The first kappa shape index (κ1) is 20.7. The molecule has 0 saturated heterocycles. The number of hydrogen-bond acceptors (Lipinski definition) is 4. The van der Waals surface area contributed by atoms with Crippen LogP contribution in [0.25, 0.3) is 27.7 Å². The number of rotatable bonds is 6. The molecule has 4 rings (SSSR count). The van der Waals surface area contributed by atoms with Gasteiger partial charge in [0.1, 0.15) is 11.3 Å². The summed E-state index contributed by atoms with van der Waals surface area (Å²) < 4.78 is 11.6. The minimum absolute atomic E-state index is 0.238. The molecular formula is C25H21ClN2O3. The van der Waals surface area contributed by atoms with Crippen molar-refractivity contribution in [1.82, 2.24) is 4.98 Å². The van der Waals surface area contributed by atoms with Gasteiger partial charge in [0.2, 0.25) is 5.91 Å². The summed E-state index contributed by atoms with van der Waals surface area (Å²) in [7, 11) is 0. The van der Waals surface area contributed by atoms with Crippen LogP contribution in [0.5, 0.6) is 5.75 Å². The van der Waals surface area contributed by atoms with Crippen LogP contribution in [0.2, 0.25) is 5.02 Å². The fraction of sp³-hybridized carbons (Fsp3) is 0.120. The smallest absolute Gasteiger partial charge is 0.248 e. The van der Waals surface area contributed by atoms with Gasteiger partial charge in [-0.1, -0.05) is 23.7 Å². The Morgan fingerprint density at radius 1 is 1.23 bits per heavy atom. The number of furan rings is 1. The number of benzene rings is 2. The lowest BCUT2D eigenvalue weighted by molar-refractivity contribution is -0.111. The van der Waals surface area contributed by atoms with Crippen LogP contribution >= 0.6 is 11.6 Å². The standard InChI is InChI=1S/C25H21ClN2O3/c1-3-30-23-13-24-21(22(15-31-24)17-6-8-18(26)9-7-17)12-20(23)16(2)11-25(29)28-19-5-4-10-27-14-19/h4-15H,3H2,1-2H3,(H,28,29)/b16-11+. The van der Waals surface area contributed by atoms with Crippen molar-refractivity contribution in [2.45, 2.75) is 13.8 Å². The number of carbonyl (C=O) groups excluding carboxylic acids is 1. The highest BCUT2D eigenvalue weighted by Crippen LogP contribution is 2.37. The number of fused-ring (bicyclic) bond motifs is 1. The Balaban J connectivity index is 1.74. The van der Waals surface area contributed by atoms with Gasteiger partial charge in [0.15, 0.2) is 0 Å². The number of anilines is 1. The van der Waals surface area contributed by atoms with E-state index in [4.69, 9.17) is 20.8 Å². The van der Waals surface area contributed by atoms with Crippen molar-refractivity contribution >= 4 is 39.7 Å². The minimum Gasteiger partial charge on any atom is -0.493 e. The summed E-state index contributed by atoms with van der Waals surface area (Å²) in [6.07, 6.45) is 6.53. The third-order valence-electron chi connectivity index (χ3n) is 4.83. The number of carbonyl (C=O) groups is 1. The van der Waals surface area contributed by atoms with E-state index in [0.29, 0.717) is 28.6 Å². The predicted octanol–water partition coefficient (Wildman–Crippen LogP) is 6.59. The van der Waals surface area contributed by atoms with E-state index in [1.165, 1.54) is 0 Å². The summed E-state index contributed by atoms with van der Waals surface area (Å²) in [5, 5.41) is 4.43. The lowest BCUT2D eigenvalue weighted by atomic mass is 9.99. The lowest BCUT2D eigenvalue weighted by Gasteiger charge is -2.12. The van der Waals surface area contributed by atoms with E-state index < -0.39 is 0 Å². The molecule has 0 fully saturated rings. The molecule has 2 heterocycles. The van der Waals surface area contributed by atoms with E-state index in [1.807, 2.05) is 50.2 Å². The van der Waals surface area contributed by atoms with E-state index in [2.05, 4.69) is 10.3 Å². The normalized spacial score (nSPS) is 11.5. The summed E-state index contributed by atoms with van der Waals surface area (Å²) in [6.45, 7) is 4.30. The zero-order valence-corrected chi connectivity index (χ0v) is 17.9. The third kappa shape index (κ3) is 4.62. The van der Waals surface area contributed by atoms with Gasteiger partial charge in [-0.05, 0) is 55.3 Å². The van der Waals surface area contributed by atoms with Crippen LogP contribution in [0.4, 0.5) is 5.69 Å². The van der Waals surface area contributed by atoms with Gasteiger partial charge >= 0.3 is 0 Å². The van der Waals surface area contributed by atoms with Crippen LogP contribution < -0.4 is 10.1 Å². The first-order valence-electron chi connectivity index (χ1n) is 9.89. The van der Waals surface area contributed by atoms with Gasteiger partial charge in [0.25, 0.3) is 0 Å². The monoisotopic (exact) mass is 432 g/mol. The summed E-state index contributed by atoms with van der Waals surface area (Å²) in [5.41, 5.74) is 4.89. The lowest BCUT2D eigenvalue weighted by Crippen LogP contribution is -2.08. The Morgan fingerprint density at radius 2 is 2.03 bits per heavy atom. The molecule has 2 aromatic heterocycles. The Kier molecular flexibility index (Phi) is 6.05. The van der Waals surface area contributed by atoms with Gasteiger partial charge in [-0.25, -0.2) is 0 Å². The molecule has 0 aliphatic carbocycles. The van der Waals surface area contributed by atoms with E-state index in [1.54, 1.807) is 36.9 Å². The molecule has 5 nitrogen and oxygen atoms in total. The second kappa shape index (κ2) is 9.06. The predicted molar refractivity (Wildman–Crippen MR) is 124 cm³/mol. The Morgan fingerprint density at radius 3 is 2.74 bits per heavy atom. The number of halogens is 1. The zero-order valence-electron chi connectivity index (χ0n) is 17.2. The number of hydrogen-bond donors (Lipinski definition) is 1. The van der Waals surface area contributed by atoms with Crippen molar-refractivity contribution in [3.8, 4) is 16.9 Å². The Labute approximate surface area is 185 Å². The fourth-order valence-electron chi connectivity index (χ4n) is 3.38. The van der Waals surface area contributed by atoms with Crippen molar-refractivity contribution in [2.24, 2.45) is 0 Å². The summed E-state index contributed by atoms with van der Waals surface area (Å²) in [5.74, 6) is 0.424. The molecule has 6 heteroatoms. The average Bonchev–Trinajstić information content (AvgIpc) is 3.17. The molecule has 4 aromatic rings. The van der Waals surface area contributed by atoms with Crippen LogP contribution in [0.3, 0.4) is 0 Å². The number of amides is 1. The van der Waals surface area contributed by atoms with Crippen LogP contribution in [0.1, 0.15) is 19.4 Å². The second-order valence-corrected chi connectivity index (χ2v) is 7.43. The van der Waals surface area contributed by atoms with Crippen molar-refractivity contribution in [3.05, 3.63) is 83.8 Å². The van der Waals surface area contributed by atoms with Gasteiger partial charge in [-0.2, -0.15) is 0 Å². The SMILES string of the molecule is CCOc1cc2occ(-c3ccc(Cl)cc3)c2cc1/C(C)=C/C(=O)Nc1cccnc1. The molecule has 31 heavy (non-hydrogen) atoms. The number of ether oxygens (including phenoxy) is 1. The van der Waals surface area contributed by atoms with Crippen LogP contribution in [-0.2, 0) is 4.79 Å². The molecule has 0 saturated carbocycles. The van der Waals surface area contributed by atoms with Crippen LogP contribution in [0, 0.1) is 0 Å². The topological polar surface area (TPSA) is 64.4 Å². The number of nitrogens with zero attached hydrogens (tertiary/aromatic N) is 1. The molecule has 2 aromatic carbocycles. The van der Waals surface area contributed by atoms with E-state index in [0.717, 1.165) is 27.6 Å². The number of pyridine rings is 1. The van der Waals surface area contributed by atoms with Gasteiger partial charge in [-0.15, -0.1) is 0 Å². The summed E-state index contributed by atoms with van der Waals surface area (Å²) in [6, 6.07) is 15.0. The average molecular weight is 433 g/mol. The van der Waals surface area contributed by atoms with Crippen molar-refractivity contribution in [2.75, 3.05) is 11.9 Å². The molecule has 0 aliphatic heterocycles. The highest BCUT2D eigenvalue weighted by molar-refractivity contribution is 6.30. The maximum atomic E-state index is 12.5. The summed E-state index contributed by atoms with van der Waals surface area (Å²) in [4.78, 5) is 16.5. The first-order chi connectivity index (χ1) is 15.0. The zero-order chi connectivity index (χ0) is 21.8. The van der Waals surface area contributed by atoms with Crippen LogP contribution in [-0.4, -0.2) is 17.5 Å². The van der Waals surface area contributed by atoms with Crippen molar-refractivity contribution in [3.63, 3.8) is 0 Å². The van der Waals surface area contributed by atoms with E-state index in [-0.39, 0.29) is 5.91 Å². The van der Waals surface area contributed by atoms with Crippen molar-refractivity contribution < 1.29 is 13.9 Å². The molecule has 156 valence electrons. The highest BCUT2D eigenvalue weighted by atomic mass is 35.5. The highest BCUT2D eigenvalue weighted by Gasteiger charge is 2.15. The van der Waals surface area contributed by atoms with E-state index >= 15 is 0 Å². The van der Waals surface area contributed by atoms with Gasteiger partial charge in [-0.3, -0.25) is 9.78 Å². The maximum absolute atomic E-state index is 12.5. The van der Waals surface area contributed by atoms with Gasteiger partial charge in [0, 0.05) is 39.9 Å². The molecule has 0 radical (unpaired) electrons. The molecule has 0 atom stereocenters. The number of aromatic nitrogens is 1. The molecule has 0 unspecified atom stereocenters. The Bertz CT molecular complexity index is 1250. The van der Waals surface area contributed by atoms with Crippen LogP contribution in [0.15, 0.2) is 77.7 Å². The third-order valence-corrected chi connectivity index (χ3v) is 5.08. The summed E-state index contributed by atoms with van der Waals surface area (Å²) >= 11 is 6.03. The second-order valence-electron chi connectivity index (χ2n) is 6.99. The largest absolute Gasteiger partial charge is 0.493 e. The van der Waals surface area contributed by atoms with Gasteiger partial charge in [0.05, 0.1) is 24.8 Å². The molecule has 1 amide bonds. The first-order valence-corrected chi connectivity index (χ1v) is 10.3. The van der Waals surface area contributed by atoms with E-state index in [9.17, 15) is 4.79 Å².